The minimum absolute atomic E-state index is 0.0529. The minimum atomic E-state index is -0.141. The normalized spacial score (nSPS) is 19.0. The molecule has 0 radical (unpaired) electrons. The summed E-state index contributed by atoms with van der Waals surface area (Å²) < 4.78 is 0. The van der Waals surface area contributed by atoms with Crippen molar-refractivity contribution in [2.45, 2.75) is 58.8 Å². The molecular formula is C26H28ClNO3. The third-order valence-corrected chi connectivity index (χ3v) is 7.00. The highest BCUT2D eigenvalue weighted by Gasteiger charge is 2.35. The fourth-order valence-corrected chi connectivity index (χ4v) is 5.46. The molecule has 2 aliphatic rings. The quantitative estimate of drug-likeness (QED) is 0.451. The molecule has 0 heterocycles. The number of benzene rings is 2. The molecule has 162 valence electrons. The molecule has 0 bridgehead atoms. The lowest BCUT2D eigenvalue weighted by Crippen LogP contribution is -2.25. The zero-order valence-corrected chi connectivity index (χ0v) is 19.1. The predicted molar refractivity (Wildman–Crippen MR) is 124 cm³/mol. The van der Waals surface area contributed by atoms with Gasteiger partial charge in [-0.3, -0.25) is 4.79 Å². The first-order valence-corrected chi connectivity index (χ1v) is 11.3. The van der Waals surface area contributed by atoms with Crippen LogP contribution in [0.4, 0.5) is 0 Å². The Bertz CT molecular complexity index is 1090. The molecule has 0 spiro atoms. The first-order valence-electron chi connectivity index (χ1n) is 10.9. The van der Waals surface area contributed by atoms with E-state index in [-0.39, 0.29) is 29.5 Å². The van der Waals surface area contributed by atoms with Crippen LogP contribution in [0.3, 0.4) is 0 Å². The van der Waals surface area contributed by atoms with Crippen LogP contribution in [0.15, 0.2) is 46.8 Å². The van der Waals surface area contributed by atoms with Gasteiger partial charge in [0, 0.05) is 23.4 Å². The van der Waals surface area contributed by atoms with Gasteiger partial charge in [-0.2, -0.15) is 0 Å². The summed E-state index contributed by atoms with van der Waals surface area (Å²) in [6.45, 7) is 6.39. The van der Waals surface area contributed by atoms with Gasteiger partial charge in [-0.25, -0.2) is 0 Å². The second-order valence-electron chi connectivity index (χ2n) is 8.36. The number of carbonyl (C=O) groups is 1. The highest BCUT2D eigenvalue weighted by atomic mass is 35.5. The summed E-state index contributed by atoms with van der Waals surface area (Å²) in [4.78, 5) is 18.6. The molecule has 1 unspecified atom stereocenters. The number of oxime groups is 1. The van der Waals surface area contributed by atoms with E-state index in [0.717, 1.165) is 41.0 Å². The van der Waals surface area contributed by atoms with Crippen LogP contribution in [-0.2, 0) is 22.5 Å². The van der Waals surface area contributed by atoms with E-state index in [2.05, 4.69) is 19.0 Å². The molecule has 2 aliphatic carbocycles. The van der Waals surface area contributed by atoms with Gasteiger partial charge < -0.3 is 9.94 Å². The van der Waals surface area contributed by atoms with Gasteiger partial charge in [-0.05, 0) is 73.8 Å². The second kappa shape index (κ2) is 8.88. The van der Waals surface area contributed by atoms with E-state index in [1.165, 1.54) is 16.7 Å². The van der Waals surface area contributed by atoms with Crippen LogP contribution in [0.1, 0.15) is 65.5 Å². The van der Waals surface area contributed by atoms with Crippen LogP contribution in [0.5, 0.6) is 0 Å². The SMILES string of the molecule is CCON=C(C1=C(O)CC(c2c(C)c3c(c(C)c2Cl)CCC3)CC1=O)c1ccccc1. The maximum Gasteiger partial charge on any atom is 0.169 e. The van der Waals surface area contributed by atoms with Gasteiger partial charge in [0.1, 0.15) is 18.1 Å². The van der Waals surface area contributed by atoms with Crippen molar-refractivity contribution in [3.63, 3.8) is 0 Å². The number of nitrogens with zero attached hydrogens (tertiary/aromatic N) is 1. The van der Waals surface area contributed by atoms with Crippen LogP contribution in [0.25, 0.3) is 0 Å². The van der Waals surface area contributed by atoms with Gasteiger partial charge in [0.05, 0.1) is 5.57 Å². The Labute approximate surface area is 188 Å². The topological polar surface area (TPSA) is 58.9 Å². The second-order valence-corrected chi connectivity index (χ2v) is 8.74. The summed E-state index contributed by atoms with van der Waals surface area (Å²) in [5, 5.41) is 16.0. The molecule has 5 heteroatoms. The number of allylic oxidation sites excluding steroid dienone is 2. The first kappa shape index (κ1) is 21.6. The number of aliphatic hydroxyl groups is 1. The van der Waals surface area contributed by atoms with Crippen molar-refractivity contribution in [1.82, 2.24) is 0 Å². The number of rotatable bonds is 5. The van der Waals surface area contributed by atoms with Crippen LogP contribution in [0.2, 0.25) is 5.02 Å². The van der Waals surface area contributed by atoms with Crippen molar-refractivity contribution in [2.75, 3.05) is 6.61 Å². The van der Waals surface area contributed by atoms with Crippen molar-refractivity contribution in [2.24, 2.45) is 5.16 Å². The molecule has 0 saturated carbocycles. The predicted octanol–water partition coefficient (Wildman–Crippen LogP) is 6.14. The number of Topliss-reactive ketones (excluding diaryl/α,β-unsaturated/α-hetero) is 1. The Hall–Kier alpha value is -2.59. The van der Waals surface area contributed by atoms with Gasteiger partial charge in [0.25, 0.3) is 0 Å². The summed E-state index contributed by atoms with van der Waals surface area (Å²) in [7, 11) is 0. The molecule has 0 amide bonds. The van der Waals surface area contributed by atoms with E-state index in [1.807, 2.05) is 37.3 Å². The van der Waals surface area contributed by atoms with Crippen LogP contribution >= 0.6 is 11.6 Å². The molecule has 0 fully saturated rings. The number of halogens is 1. The van der Waals surface area contributed by atoms with Gasteiger partial charge >= 0.3 is 0 Å². The molecule has 4 rings (SSSR count). The van der Waals surface area contributed by atoms with E-state index in [1.54, 1.807) is 0 Å². The van der Waals surface area contributed by atoms with Crippen molar-refractivity contribution in [1.29, 1.82) is 0 Å². The highest BCUT2D eigenvalue weighted by Crippen LogP contribution is 2.44. The fraction of sp³-hybridized carbons (Fsp3) is 0.385. The van der Waals surface area contributed by atoms with Gasteiger partial charge in [0.2, 0.25) is 0 Å². The molecule has 1 atom stereocenters. The summed E-state index contributed by atoms with van der Waals surface area (Å²) >= 11 is 6.82. The third kappa shape index (κ3) is 3.89. The maximum atomic E-state index is 13.3. The number of hydrogen-bond acceptors (Lipinski definition) is 4. The lowest BCUT2D eigenvalue weighted by atomic mass is 9.77. The third-order valence-electron chi connectivity index (χ3n) is 6.51. The van der Waals surface area contributed by atoms with E-state index < -0.39 is 0 Å². The van der Waals surface area contributed by atoms with E-state index in [4.69, 9.17) is 16.4 Å². The van der Waals surface area contributed by atoms with Crippen LogP contribution in [0, 0.1) is 13.8 Å². The van der Waals surface area contributed by atoms with Crippen molar-refractivity contribution < 1.29 is 14.7 Å². The Morgan fingerprint density at radius 1 is 1.13 bits per heavy atom. The number of ketones is 1. The molecule has 31 heavy (non-hydrogen) atoms. The summed E-state index contributed by atoms with van der Waals surface area (Å²) in [6.07, 6.45) is 3.91. The smallest absolute Gasteiger partial charge is 0.169 e. The van der Waals surface area contributed by atoms with Crippen molar-refractivity contribution in [3.05, 3.63) is 80.1 Å². The average Bonchev–Trinajstić information content (AvgIpc) is 3.25. The molecule has 0 aliphatic heterocycles. The van der Waals surface area contributed by atoms with Crippen molar-refractivity contribution >= 4 is 23.1 Å². The summed E-state index contributed by atoms with van der Waals surface area (Å²) in [5.41, 5.74) is 7.45. The largest absolute Gasteiger partial charge is 0.511 e. The van der Waals surface area contributed by atoms with Crippen LogP contribution in [-0.4, -0.2) is 23.2 Å². The molecule has 2 aromatic rings. The standard InChI is InChI=1S/C26H28ClNO3/c1-4-31-28-26(17-9-6-5-7-10-17)24-21(29)13-18(14-22(24)30)23-15(2)19-11-8-12-20(19)16(3)25(23)27/h5-7,9-10,18,29H,4,8,11-14H2,1-3H3. The number of aliphatic hydroxyl groups excluding tert-OH is 1. The molecular weight excluding hydrogens is 410 g/mol. The van der Waals surface area contributed by atoms with E-state index in [9.17, 15) is 9.90 Å². The minimum Gasteiger partial charge on any atom is -0.511 e. The lowest BCUT2D eigenvalue weighted by molar-refractivity contribution is -0.116. The molecule has 0 saturated heterocycles. The van der Waals surface area contributed by atoms with Gasteiger partial charge in [-0.15, -0.1) is 0 Å². The van der Waals surface area contributed by atoms with Gasteiger partial charge in [0.15, 0.2) is 5.78 Å². The molecule has 2 aromatic carbocycles. The lowest BCUT2D eigenvalue weighted by Gasteiger charge is -2.28. The Balaban J connectivity index is 1.76. The average molecular weight is 438 g/mol. The Morgan fingerprint density at radius 2 is 1.81 bits per heavy atom. The Kier molecular flexibility index (Phi) is 6.19. The zero-order chi connectivity index (χ0) is 22.1. The maximum absolute atomic E-state index is 13.3. The summed E-state index contributed by atoms with van der Waals surface area (Å²) in [5.74, 6) is -0.223. The molecule has 1 N–H and O–H groups in total. The Morgan fingerprint density at radius 3 is 2.45 bits per heavy atom. The number of fused-ring (bicyclic) bond motifs is 1. The first-order chi connectivity index (χ1) is 14.9. The monoisotopic (exact) mass is 437 g/mol. The number of hydrogen-bond donors (Lipinski definition) is 1. The van der Waals surface area contributed by atoms with E-state index in [0.29, 0.717) is 18.7 Å². The molecule has 4 nitrogen and oxygen atoms in total. The van der Waals surface area contributed by atoms with Gasteiger partial charge in [-0.1, -0.05) is 47.1 Å². The number of carbonyl (C=O) groups excluding carboxylic acids is 1. The fourth-order valence-electron chi connectivity index (χ4n) is 5.05. The van der Waals surface area contributed by atoms with Crippen LogP contribution < -0.4 is 0 Å². The summed E-state index contributed by atoms with van der Waals surface area (Å²) in [6, 6.07) is 9.38. The van der Waals surface area contributed by atoms with E-state index >= 15 is 0 Å². The van der Waals surface area contributed by atoms with Crippen molar-refractivity contribution in [3.8, 4) is 0 Å². The molecule has 0 aromatic heterocycles. The zero-order valence-electron chi connectivity index (χ0n) is 18.3. The highest BCUT2D eigenvalue weighted by molar-refractivity contribution is 6.33.